The molecule has 22 heavy (non-hydrogen) atoms. The SMILES string of the molecule is COc1cccc(-c2cc3c(N4CCCC4)nccn3n2)c1. The van der Waals surface area contributed by atoms with E-state index in [0.717, 1.165) is 41.4 Å². The summed E-state index contributed by atoms with van der Waals surface area (Å²) in [5.74, 6) is 1.87. The number of methoxy groups -OCH3 is 1. The van der Waals surface area contributed by atoms with Gasteiger partial charge in [-0.05, 0) is 31.0 Å². The topological polar surface area (TPSA) is 42.7 Å². The minimum absolute atomic E-state index is 0.840. The number of benzene rings is 1. The van der Waals surface area contributed by atoms with Gasteiger partial charge in [-0.25, -0.2) is 9.50 Å². The number of hydrogen-bond donors (Lipinski definition) is 0. The van der Waals surface area contributed by atoms with Crippen LogP contribution in [0, 0.1) is 0 Å². The molecular formula is C17H18N4O. The Morgan fingerprint density at radius 2 is 2.00 bits per heavy atom. The molecule has 1 aliphatic rings. The van der Waals surface area contributed by atoms with Crippen molar-refractivity contribution >= 4 is 11.3 Å². The molecule has 1 aromatic carbocycles. The zero-order chi connectivity index (χ0) is 14.9. The van der Waals surface area contributed by atoms with Crippen LogP contribution in [-0.2, 0) is 0 Å². The third kappa shape index (κ3) is 2.19. The van der Waals surface area contributed by atoms with Crippen molar-refractivity contribution in [1.29, 1.82) is 0 Å². The summed E-state index contributed by atoms with van der Waals surface area (Å²) in [7, 11) is 1.68. The number of fused-ring (bicyclic) bond motifs is 1. The fourth-order valence-electron chi connectivity index (χ4n) is 3.00. The molecule has 3 heterocycles. The van der Waals surface area contributed by atoms with Gasteiger partial charge in [-0.3, -0.25) is 0 Å². The van der Waals surface area contributed by atoms with Crippen LogP contribution >= 0.6 is 0 Å². The summed E-state index contributed by atoms with van der Waals surface area (Å²) in [6.07, 6.45) is 6.20. The van der Waals surface area contributed by atoms with Gasteiger partial charge in [-0.1, -0.05) is 12.1 Å². The van der Waals surface area contributed by atoms with Gasteiger partial charge < -0.3 is 9.64 Å². The predicted molar refractivity (Wildman–Crippen MR) is 86.4 cm³/mol. The third-order valence-corrected chi connectivity index (χ3v) is 4.14. The molecule has 3 aromatic rings. The zero-order valence-electron chi connectivity index (χ0n) is 12.6. The number of anilines is 1. The lowest BCUT2D eigenvalue weighted by Crippen LogP contribution is -2.19. The van der Waals surface area contributed by atoms with Crippen molar-refractivity contribution in [2.45, 2.75) is 12.8 Å². The highest BCUT2D eigenvalue weighted by atomic mass is 16.5. The van der Waals surface area contributed by atoms with Crippen LogP contribution < -0.4 is 9.64 Å². The van der Waals surface area contributed by atoms with E-state index in [4.69, 9.17) is 4.74 Å². The molecule has 2 aromatic heterocycles. The van der Waals surface area contributed by atoms with Gasteiger partial charge >= 0.3 is 0 Å². The Balaban J connectivity index is 1.81. The van der Waals surface area contributed by atoms with Gasteiger partial charge in [-0.2, -0.15) is 5.10 Å². The van der Waals surface area contributed by atoms with Crippen molar-refractivity contribution in [2.75, 3.05) is 25.1 Å². The largest absolute Gasteiger partial charge is 0.497 e. The molecule has 112 valence electrons. The summed E-state index contributed by atoms with van der Waals surface area (Å²) in [5, 5.41) is 4.68. The molecule has 0 amide bonds. The lowest BCUT2D eigenvalue weighted by atomic mass is 10.1. The smallest absolute Gasteiger partial charge is 0.154 e. The Morgan fingerprint density at radius 3 is 2.82 bits per heavy atom. The van der Waals surface area contributed by atoms with E-state index >= 15 is 0 Å². The number of aromatic nitrogens is 3. The van der Waals surface area contributed by atoms with Crippen LogP contribution in [0.1, 0.15) is 12.8 Å². The average Bonchev–Trinajstić information content (AvgIpc) is 3.23. The molecule has 1 fully saturated rings. The maximum absolute atomic E-state index is 5.30. The monoisotopic (exact) mass is 294 g/mol. The van der Waals surface area contributed by atoms with Crippen LogP contribution in [0.15, 0.2) is 42.7 Å². The quantitative estimate of drug-likeness (QED) is 0.745. The van der Waals surface area contributed by atoms with Crippen molar-refractivity contribution < 1.29 is 4.74 Å². The zero-order valence-corrected chi connectivity index (χ0v) is 12.6. The lowest BCUT2D eigenvalue weighted by Gasteiger charge is -2.16. The van der Waals surface area contributed by atoms with E-state index < -0.39 is 0 Å². The van der Waals surface area contributed by atoms with Gasteiger partial charge in [0.1, 0.15) is 11.3 Å². The fraction of sp³-hybridized carbons (Fsp3) is 0.294. The first-order chi connectivity index (χ1) is 10.8. The molecular weight excluding hydrogens is 276 g/mol. The maximum Gasteiger partial charge on any atom is 0.154 e. The standard InChI is InChI=1S/C17H18N4O/c1-22-14-6-4-5-13(11-14)15-12-16-17(20-8-2-3-9-20)18-7-10-21(16)19-15/h4-7,10-12H,2-3,8-9H2,1H3. The lowest BCUT2D eigenvalue weighted by molar-refractivity contribution is 0.415. The molecule has 1 saturated heterocycles. The Morgan fingerprint density at radius 1 is 1.14 bits per heavy atom. The summed E-state index contributed by atoms with van der Waals surface area (Å²) in [6.45, 7) is 2.15. The Bertz CT molecular complexity index is 805. The highest BCUT2D eigenvalue weighted by molar-refractivity contribution is 5.75. The highest BCUT2D eigenvalue weighted by Gasteiger charge is 2.18. The average molecular weight is 294 g/mol. The number of nitrogens with zero attached hydrogens (tertiary/aromatic N) is 4. The molecule has 4 rings (SSSR count). The fourth-order valence-corrected chi connectivity index (χ4v) is 3.00. The van der Waals surface area contributed by atoms with Crippen LogP contribution in [0.3, 0.4) is 0 Å². The summed E-state index contributed by atoms with van der Waals surface area (Å²) in [4.78, 5) is 6.91. The molecule has 0 unspecified atom stereocenters. The normalized spacial score (nSPS) is 14.7. The molecule has 0 N–H and O–H groups in total. The van der Waals surface area contributed by atoms with Crippen molar-refractivity contribution in [3.05, 3.63) is 42.7 Å². The summed E-state index contributed by atoms with van der Waals surface area (Å²) in [6, 6.07) is 10.1. The molecule has 0 bridgehead atoms. The van der Waals surface area contributed by atoms with Crippen molar-refractivity contribution in [3.8, 4) is 17.0 Å². The van der Waals surface area contributed by atoms with E-state index in [9.17, 15) is 0 Å². The molecule has 5 heteroatoms. The van der Waals surface area contributed by atoms with E-state index in [1.807, 2.05) is 41.2 Å². The molecule has 5 nitrogen and oxygen atoms in total. The van der Waals surface area contributed by atoms with E-state index in [2.05, 4.69) is 21.0 Å². The molecule has 0 atom stereocenters. The van der Waals surface area contributed by atoms with Crippen molar-refractivity contribution in [1.82, 2.24) is 14.6 Å². The molecule has 0 radical (unpaired) electrons. The number of hydrogen-bond acceptors (Lipinski definition) is 4. The first-order valence-electron chi connectivity index (χ1n) is 7.59. The summed E-state index contributed by atoms with van der Waals surface area (Å²) >= 11 is 0. The van der Waals surface area contributed by atoms with Crippen molar-refractivity contribution in [3.63, 3.8) is 0 Å². The second kappa shape index (κ2) is 5.33. The second-order valence-electron chi connectivity index (χ2n) is 5.54. The van der Waals surface area contributed by atoms with Crippen LogP contribution in [0.4, 0.5) is 5.82 Å². The summed E-state index contributed by atoms with van der Waals surface area (Å²) in [5.41, 5.74) is 3.05. The van der Waals surface area contributed by atoms with Crippen molar-refractivity contribution in [2.24, 2.45) is 0 Å². The van der Waals surface area contributed by atoms with Gasteiger partial charge in [0.25, 0.3) is 0 Å². The Labute approximate surface area is 129 Å². The van der Waals surface area contributed by atoms with Gasteiger partial charge in [0.2, 0.25) is 0 Å². The predicted octanol–water partition coefficient (Wildman–Crippen LogP) is 3.01. The van der Waals surface area contributed by atoms with Crippen LogP contribution in [-0.4, -0.2) is 34.8 Å². The third-order valence-electron chi connectivity index (χ3n) is 4.14. The second-order valence-corrected chi connectivity index (χ2v) is 5.54. The van der Waals surface area contributed by atoms with E-state index in [1.54, 1.807) is 7.11 Å². The van der Waals surface area contributed by atoms with Crippen LogP contribution in [0.2, 0.25) is 0 Å². The molecule has 0 spiro atoms. The maximum atomic E-state index is 5.30. The Kier molecular flexibility index (Phi) is 3.18. The van der Waals surface area contributed by atoms with Crippen LogP contribution in [0.25, 0.3) is 16.8 Å². The van der Waals surface area contributed by atoms with E-state index in [1.165, 1.54) is 12.8 Å². The van der Waals surface area contributed by atoms with Crippen LogP contribution in [0.5, 0.6) is 5.75 Å². The molecule has 0 saturated carbocycles. The van der Waals surface area contributed by atoms with Gasteiger partial charge in [-0.15, -0.1) is 0 Å². The van der Waals surface area contributed by atoms with E-state index in [-0.39, 0.29) is 0 Å². The minimum Gasteiger partial charge on any atom is -0.497 e. The first kappa shape index (κ1) is 13.1. The molecule has 1 aliphatic heterocycles. The first-order valence-corrected chi connectivity index (χ1v) is 7.59. The van der Waals surface area contributed by atoms with Gasteiger partial charge in [0.05, 0.1) is 12.8 Å². The number of ether oxygens (including phenoxy) is 1. The summed E-state index contributed by atoms with van der Waals surface area (Å²) < 4.78 is 7.21. The van der Waals surface area contributed by atoms with Gasteiger partial charge in [0, 0.05) is 31.0 Å². The molecule has 0 aliphatic carbocycles. The van der Waals surface area contributed by atoms with E-state index in [0.29, 0.717) is 0 Å². The Hall–Kier alpha value is -2.56. The highest BCUT2D eigenvalue weighted by Crippen LogP contribution is 2.28. The minimum atomic E-state index is 0.840. The van der Waals surface area contributed by atoms with Gasteiger partial charge in [0.15, 0.2) is 5.82 Å². The number of rotatable bonds is 3.